The Morgan fingerprint density at radius 3 is 2.76 bits per heavy atom. The normalized spacial score (nSPS) is 26.3. The molecule has 3 nitrogen and oxygen atoms in total. The molecule has 0 saturated heterocycles. The van der Waals surface area contributed by atoms with Crippen LogP contribution in [0.2, 0.25) is 5.22 Å². The highest BCUT2D eigenvalue weighted by Crippen LogP contribution is 2.34. The number of aliphatic hydroxyl groups is 1. The van der Waals surface area contributed by atoms with Gasteiger partial charge >= 0.3 is 0 Å². The summed E-state index contributed by atoms with van der Waals surface area (Å²) in [5.74, 6) is 0.754. The molecule has 0 aliphatic heterocycles. The van der Waals surface area contributed by atoms with Crippen molar-refractivity contribution in [2.45, 2.75) is 44.7 Å². The zero-order valence-corrected chi connectivity index (χ0v) is 13.1. The first kappa shape index (κ1) is 14.9. The maximum atomic E-state index is 9.82. The van der Waals surface area contributed by atoms with E-state index in [0.29, 0.717) is 11.8 Å². The van der Waals surface area contributed by atoms with E-state index >= 15 is 0 Å². The van der Waals surface area contributed by atoms with Crippen molar-refractivity contribution in [1.29, 1.82) is 0 Å². The van der Waals surface area contributed by atoms with Gasteiger partial charge < -0.3 is 14.8 Å². The second-order valence-electron chi connectivity index (χ2n) is 6.32. The number of hydrogen-bond acceptors (Lipinski definition) is 3. The van der Waals surface area contributed by atoms with Gasteiger partial charge in [0.1, 0.15) is 5.58 Å². The lowest BCUT2D eigenvalue weighted by Crippen LogP contribution is -2.50. The van der Waals surface area contributed by atoms with Crippen LogP contribution in [0.15, 0.2) is 28.7 Å². The number of benzene rings is 1. The monoisotopic (exact) mass is 307 g/mol. The summed E-state index contributed by atoms with van der Waals surface area (Å²) >= 11 is 6.23. The van der Waals surface area contributed by atoms with Gasteiger partial charge in [0.05, 0.1) is 6.61 Å². The van der Waals surface area contributed by atoms with Gasteiger partial charge in [-0.3, -0.25) is 0 Å². The number of rotatable bonds is 4. The summed E-state index contributed by atoms with van der Waals surface area (Å²) in [7, 11) is 0. The molecule has 0 atom stereocenters. The van der Waals surface area contributed by atoms with Crippen LogP contribution in [-0.2, 0) is 6.54 Å². The summed E-state index contributed by atoms with van der Waals surface area (Å²) in [6, 6.07) is 7.88. The first-order valence-electron chi connectivity index (χ1n) is 7.65. The summed E-state index contributed by atoms with van der Waals surface area (Å²) in [4.78, 5) is 0. The van der Waals surface area contributed by atoms with Crippen molar-refractivity contribution in [2.24, 2.45) is 5.92 Å². The molecule has 114 valence electrons. The van der Waals surface area contributed by atoms with Gasteiger partial charge in [0.25, 0.3) is 0 Å². The number of hydrogen-bond donors (Lipinski definition) is 2. The van der Waals surface area contributed by atoms with Crippen LogP contribution < -0.4 is 5.32 Å². The maximum Gasteiger partial charge on any atom is 0.199 e. The Kier molecular flexibility index (Phi) is 4.25. The lowest BCUT2D eigenvalue weighted by Gasteiger charge is -2.39. The van der Waals surface area contributed by atoms with E-state index in [-0.39, 0.29) is 12.1 Å². The second-order valence-corrected chi connectivity index (χ2v) is 6.67. The summed E-state index contributed by atoms with van der Waals surface area (Å²) < 4.78 is 5.59. The van der Waals surface area contributed by atoms with Crippen LogP contribution in [-0.4, -0.2) is 17.3 Å². The number of halogens is 1. The molecule has 1 aromatic carbocycles. The number of fused-ring (bicyclic) bond motifs is 1. The molecule has 1 heterocycles. The highest BCUT2D eigenvalue weighted by atomic mass is 35.5. The van der Waals surface area contributed by atoms with Gasteiger partial charge in [0, 0.05) is 23.0 Å². The van der Waals surface area contributed by atoms with Crippen molar-refractivity contribution in [3.8, 4) is 0 Å². The molecule has 2 N–H and O–H groups in total. The Morgan fingerprint density at radius 1 is 1.33 bits per heavy atom. The van der Waals surface area contributed by atoms with Crippen LogP contribution in [0.4, 0.5) is 0 Å². The molecular formula is C17H22ClNO2. The van der Waals surface area contributed by atoms with E-state index in [2.05, 4.69) is 12.2 Å². The zero-order valence-electron chi connectivity index (χ0n) is 12.4. The van der Waals surface area contributed by atoms with Crippen LogP contribution in [0.25, 0.3) is 11.0 Å². The third-order valence-electron chi connectivity index (χ3n) is 4.82. The largest absolute Gasteiger partial charge is 0.444 e. The fourth-order valence-electron chi connectivity index (χ4n) is 3.22. The van der Waals surface area contributed by atoms with Crippen molar-refractivity contribution in [2.75, 3.05) is 6.61 Å². The quantitative estimate of drug-likeness (QED) is 0.893. The van der Waals surface area contributed by atoms with E-state index in [0.717, 1.165) is 48.1 Å². The molecular weight excluding hydrogens is 286 g/mol. The Bertz CT molecular complexity index is 614. The zero-order chi connectivity index (χ0) is 14.9. The maximum absolute atomic E-state index is 9.82. The summed E-state index contributed by atoms with van der Waals surface area (Å²) in [5, 5.41) is 14.9. The molecule has 0 bridgehead atoms. The molecule has 0 radical (unpaired) electrons. The minimum absolute atomic E-state index is 0.172. The molecule has 0 spiro atoms. The molecule has 1 fully saturated rings. The lowest BCUT2D eigenvalue weighted by molar-refractivity contribution is 0.104. The Labute approximate surface area is 130 Å². The Morgan fingerprint density at radius 2 is 2.05 bits per heavy atom. The molecule has 21 heavy (non-hydrogen) atoms. The van der Waals surface area contributed by atoms with E-state index < -0.39 is 0 Å². The Hall–Kier alpha value is -1.03. The third-order valence-corrected chi connectivity index (χ3v) is 5.13. The van der Waals surface area contributed by atoms with Gasteiger partial charge in [-0.25, -0.2) is 0 Å². The molecule has 1 saturated carbocycles. The summed E-state index contributed by atoms with van der Waals surface area (Å²) in [5.41, 5.74) is 1.63. The van der Waals surface area contributed by atoms with Gasteiger partial charge in [0.15, 0.2) is 5.22 Å². The molecule has 4 heteroatoms. The SMILES string of the molecule is CC1CCC(CO)(NCc2c(Cl)oc3ccccc23)CC1. The van der Waals surface area contributed by atoms with E-state index in [4.69, 9.17) is 16.0 Å². The predicted octanol–water partition coefficient (Wildman–Crippen LogP) is 4.12. The summed E-state index contributed by atoms with van der Waals surface area (Å²) in [6.07, 6.45) is 4.34. The summed E-state index contributed by atoms with van der Waals surface area (Å²) in [6.45, 7) is 3.08. The fraction of sp³-hybridized carbons (Fsp3) is 0.529. The number of para-hydroxylation sites is 1. The van der Waals surface area contributed by atoms with Gasteiger partial charge in [-0.2, -0.15) is 0 Å². The molecule has 0 amide bonds. The number of aliphatic hydroxyl groups excluding tert-OH is 1. The van der Waals surface area contributed by atoms with Gasteiger partial charge in [0.2, 0.25) is 0 Å². The number of furan rings is 1. The second kappa shape index (κ2) is 5.99. The average Bonchev–Trinajstić information content (AvgIpc) is 2.83. The minimum Gasteiger partial charge on any atom is -0.444 e. The van der Waals surface area contributed by atoms with Gasteiger partial charge in [-0.15, -0.1) is 0 Å². The van der Waals surface area contributed by atoms with Crippen molar-refractivity contribution in [1.82, 2.24) is 5.32 Å². The smallest absolute Gasteiger partial charge is 0.199 e. The minimum atomic E-state index is -0.172. The van der Waals surface area contributed by atoms with E-state index in [9.17, 15) is 5.11 Å². The first-order valence-corrected chi connectivity index (χ1v) is 8.03. The highest BCUT2D eigenvalue weighted by molar-refractivity contribution is 6.30. The van der Waals surface area contributed by atoms with E-state index in [1.54, 1.807) is 0 Å². The number of nitrogens with one attached hydrogen (secondary N) is 1. The molecule has 2 aromatic rings. The standard InChI is InChI=1S/C17H22ClNO2/c1-12-6-8-17(11-20,9-7-12)19-10-14-13-4-2-3-5-15(13)21-16(14)18/h2-5,12,19-20H,6-11H2,1H3. The molecule has 1 aliphatic carbocycles. The molecule has 0 unspecified atom stereocenters. The van der Waals surface area contributed by atoms with Crippen molar-refractivity contribution in [3.63, 3.8) is 0 Å². The van der Waals surface area contributed by atoms with Crippen LogP contribution >= 0.6 is 11.6 Å². The van der Waals surface area contributed by atoms with Crippen LogP contribution in [0.1, 0.15) is 38.2 Å². The van der Waals surface area contributed by atoms with Crippen LogP contribution in [0.5, 0.6) is 0 Å². The van der Waals surface area contributed by atoms with E-state index in [1.807, 2.05) is 24.3 Å². The van der Waals surface area contributed by atoms with Crippen LogP contribution in [0.3, 0.4) is 0 Å². The highest BCUT2D eigenvalue weighted by Gasteiger charge is 2.33. The molecule has 1 aromatic heterocycles. The lowest BCUT2D eigenvalue weighted by atomic mass is 9.77. The van der Waals surface area contributed by atoms with Crippen LogP contribution in [0, 0.1) is 5.92 Å². The topological polar surface area (TPSA) is 45.4 Å². The van der Waals surface area contributed by atoms with E-state index in [1.165, 1.54) is 0 Å². The van der Waals surface area contributed by atoms with Gasteiger partial charge in [-0.1, -0.05) is 25.1 Å². The van der Waals surface area contributed by atoms with Crippen molar-refractivity contribution >= 4 is 22.6 Å². The van der Waals surface area contributed by atoms with Crippen molar-refractivity contribution in [3.05, 3.63) is 35.0 Å². The Balaban J connectivity index is 1.78. The third kappa shape index (κ3) is 2.96. The molecule has 1 aliphatic rings. The fourth-order valence-corrected chi connectivity index (χ4v) is 3.47. The first-order chi connectivity index (χ1) is 10.1. The predicted molar refractivity (Wildman–Crippen MR) is 85.5 cm³/mol. The van der Waals surface area contributed by atoms with Gasteiger partial charge in [-0.05, 0) is 49.3 Å². The molecule has 3 rings (SSSR count). The van der Waals surface area contributed by atoms with Crippen molar-refractivity contribution < 1.29 is 9.52 Å². The average molecular weight is 308 g/mol.